The van der Waals surface area contributed by atoms with Gasteiger partial charge in [-0.1, -0.05) is 0 Å². The summed E-state index contributed by atoms with van der Waals surface area (Å²) < 4.78 is 5.97. The van der Waals surface area contributed by atoms with Crippen LogP contribution in [0.5, 0.6) is 5.75 Å². The van der Waals surface area contributed by atoms with Crippen LogP contribution in [0.4, 0.5) is 17.1 Å². The van der Waals surface area contributed by atoms with Gasteiger partial charge in [-0.15, -0.1) is 0 Å². The Labute approximate surface area is 125 Å². The molecule has 2 rings (SSSR count). The molecule has 0 fully saturated rings. The van der Waals surface area contributed by atoms with Gasteiger partial charge in [0.05, 0.1) is 22.8 Å². The normalized spacial score (nSPS) is 10.1. The zero-order valence-electron chi connectivity index (χ0n) is 10.8. The van der Waals surface area contributed by atoms with Crippen molar-refractivity contribution in [3.8, 4) is 5.75 Å². The van der Waals surface area contributed by atoms with Gasteiger partial charge in [0, 0.05) is 11.4 Å². The molecule has 0 aliphatic rings. The number of carbonyl (C=O) groups is 1. The highest BCUT2D eigenvalue weighted by molar-refractivity contribution is 9.10. The molecule has 20 heavy (non-hydrogen) atoms. The summed E-state index contributed by atoms with van der Waals surface area (Å²) in [4.78, 5) is 11.4. The van der Waals surface area contributed by atoms with E-state index in [-0.39, 0.29) is 0 Å². The van der Waals surface area contributed by atoms with Crippen LogP contribution in [-0.2, 0) is 0 Å². The highest BCUT2D eigenvalue weighted by Gasteiger charge is 2.09. The number of nitrogens with one attached hydrogen (secondary N) is 1. The molecule has 0 radical (unpaired) electrons. The molecule has 6 heteroatoms. The van der Waals surface area contributed by atoms with Crippen LogP contribution >= 0.6 is 15.9 Å². The molecule has 0 bridgehead atoms. The largest absolute Gasteiger partial charge is 0.496 e. The van der Waals surface area contributed by atoms with Crippen LogP contribution in [-0.4, -0.2) is 13.0 Å². The molecule has 104 valence electrons. The quantitative estimate of drug-likeness (QED) is 0.749. The molecule has 0 heterocycles. The molecular weight excluding hydrogens is 322 g/mol. The molecule has 1 amide bonds. The first-order valence-corrected chi connectivity index (χ1v) is 6.60. The summed E-state index contributed by atoms with van der Waals surface area (Å²) in [5.74, 6) is 0.190. The first-order chi connectivity index (χ1) is 9.51. The van der Waals surface area contributed by atoms with E-state index in [4.69, 9.17) is 16.2 Å². The number of carbonyl (C=O) groups excluding carboxylic acids is 1. The molecule has 0 unspecified atom stereocenters. The third-order valence-electron chi connectivity index (χ3n) is 2.74. The van der Waals surface area contributed by atoms with E-state index in [0.29, 0.717) is 16.9 Å². The lowest BCUT2D eigenvalue weighted by Gasteiger charge is -2.12. The summed E-state index contributed by atoms with van der Waals surface area (Å²) in [6.07, 6.45) is 0. The minimum atomic E-state index is -0.535. The van der Waals surface area contributed by atoms with Gasteiger partial charge in [-0.2, -0.15) is 0 Å². The van der Waals surface area contributed by atoms with E-state index in [1.807, 2.05) is 18.2 Å². The molecule has 0 saturated carbocycles. The van der Waals surface area contributed by atoms with E-state index in [9.17, 15) is 4.79 Å². The van der Waals surface area contributed by atoms with Crippen molar-refractivity contribution in [2.75, 3.05) is 18.2 Å². The summed E-state index contributed by atoms with van der Waals surface area (Å²) in [6.45, 7) is 0. The monoisotopic (exact) mass is 335 g/mol. The molecule has 0 aliphatic heterocycles. The average molecular weight is 336 g/mol. The van der Waals surface area contributed by atoms with Gasteiger partial charge in [0.1, 0.15) is 5.75 Å². The van der Waals surface area contributed by atoms with E-state index in [2.05, 4.69) is 21.2 Å². The summed E-state index contributed by atoms with van der Waals surface area (Å²) in [5, 5.41) is 3.13. The van der Waals surface area contributed by atoms with Gasteiger partial charge in [0.2, 0.25) is 0 Å². The first kappa shape index (κ1) is 14.2. The van der Waals surface area contributed by atoms with E-state index in [1.165, 1.54) is 0 Å². The van der Waals surface area contributed by atoms with Crippen molar-refractivity contribution in [3.63, 3.8) is 0 Å². The average Bonchev–Trinajstić information content (AvgIpc) is 2.41. The standard InChI is InChI=1S/C14H14BrN3O2/c1-20-13-5-3-9(7-11(13)15)18-12-4-2-8(16)6-10(12)14(17)19/h2-7,18H,16H2,1H3,(H2,17,19). The maximum absolute atomic E-state index is 11.4. The van der Waals surface area contributed by atoms with Crippen molar-refractivity contribution in [1.29, 1.82) is 0 Å². The van der Waals surface area contributed by atoms with Crippen LogP contribution in [0.25, 0.3) is 0 Å². The predicted molar refractivity (Wildman–Crippen MR) is 83.3 cm³/mol. The van der Waals surface area contributed by atoms with Gasteiger partial charge in [0.15, 0.2) is 0 Å². The second kappa shape index (κ2) is 5.83. The number of nitrogens with two attached hydrogens (primary N) is 2. The van der Waals surface area contributed by atoms with Gasteiger partial charge in [-0.25, -0.2) is 0 Å². The van der Waals surface area contributed by atoms with Gasteiger partial charge in [0.25, 0.3) is 5.91 Å². The zero-order chi connectivity index (χ0) is 14.7. The predicted octanol–water partition coefficient (Wildman–Crippen LogP) is 2.88. The number of primary amides is 1. The van der Waals surface area contributed by atoms with Crippen molar-refractivity contribution in [2.24, 2.45) is 5.73 Å². The minimum Gasteiger partial charge on any atom is -0.496 e. The number of anilines is 3. The second-order valence-electron chi connectivity index (χ2n) is 4.14. The SMILES string of the molecule is COc1ccc(Nc2ccc(N)cc2C(N)=O)cc1Br. The molecule has 5 N–H and O–H groups in total. The van der Waals surface area contributed by atoms with E-state index < -0.39 is 5.91 Å². The Balaban J connectivity index is 2.35. The van der Waals surface area contributed by atoms with Crippen molar-refractivity contribution in [2.45, 2.75) is 0 Å². The lowest BCUT2D eigenvalue weighted by molar-refractivity contribution is 0.100. The Hall–Kier alpha value is -2.21. The Bertz CT molecular complexity index is 659. The van der Waals surface area contributed by atoms with Crippen LogP contribution in [0.2, 0.25) is 0 Å². The van der Waals surface area contributed by atoms with Crippen LogP contribution in [0.15, 0.2) is 40.9 Å². The van der Waals surface area contributed by atoms with Gasteiger partial charge >= 0.3 is 0 Å². The second-order valence-corrected chi connectivity index (χ2v) is 5.00. The fourth-order valence-corrected chi connectivity index (χ4v) is 2.32. The van der Waals surface area contributed by atoms with Crippen molar-refractivity contribution < 1.29 is 9.53 Å². The Morgan fingerprint density at radius 3 is 2.60 bits per heavy atom. The molecule has 0 aromatic heterocycles. The van der Waals surface area contributed by atoms with Crippen molar-refractivity contribution in [3.05, 3.63) is 46.4 Å². The Morgan fingerprint density at radius 1 is 1.25 bits per heavy atom. The zero-order valence-corrected chi connectivity index (χ0v) is 12.4. The third-order valence-corrected chi connectivity index (χ3v) is 3.36. The van der Waals surface area contributed by atoms with Crippen LogP contribution in [0, 0.1) is 0 Å². The van der Waals surface area contributed by atoms with Crippen LogP contribution < -0.4 is 21.5 Å². The summed E-state index contributed by atoms with van der Waals surface area (Å²) >= 11 is 3.40. The summed E-state index contributed by atoms with van der Waals surface area (Å²) in [6, 6.07) is 10.5. The number of amides is 1. The Morgan fingerprint density at radius 2 is 2.00 bits per heavy atom. The van der Waals surface area contributed by atoms with Gasteiger partial charge < -0.3 is 21.5 Å². The molecule has 5 nitrogen and oxygen atoms in total. The van der Waals surface area contributed by atoms with Gasteiger partial charge in [-0.05, 0) is 52.3 Å². The van der Waals surface area contributed by atoms with Crippen LogP contribution in [0.1, 0.15) is 10.4 Å². The van der Waals surface area contributed by atoms with Crippen molar-refractivity contribution in [1.82, 2.24) is 0 Å². The third kappa shape index (κ3) is 3.03. The van der Waals surface area contributed by atoms with Gasteiger partial charge in [-0.3, -0.25) is 4.79 Å². The topological polar surface area (TPSA) is 90.4 Å². The summed E-state index contributed by atoms with van der Waals surface area (Å²) in [7, 11) is 1.60. The number of nitrogen functional groups attached to an aromatic ring is 1. The smallest absolute Gasteiger partial charge is 0.250 e. The maximum atomic E-state index is 11.4. The number of ether oxygens (including phenoxy) is 1. The molecular formula is C14H14BrN3O2. The fourth-order valence-electron chi connectivity index (χ4n) is 1.77. The molecule has 0 atom stereocenters. The lowest BCUT2D eigenvalue weighted by Crippen LogP contribution is -2.13. The number of halogens is 1. The molecule has 0 aliphatic carbocycles. The highest BCUT2D eigenvalue weighted by atomic mass is 79.9. The molecule has 0 spiro atoms. The fraction of sp³-hybridized carbons (Fsp3) is 0.0714. The molecule has 2 aromatic carbocycles. The minimum absolute atomic E-state index is 0.344. The van der Waals surface area contributed by atoms with Crippen molar-refractivity contribution >= 4 is 38.9 Å². The van der Waals surface area contributed by atoms with E-state index >= 15 is 0 Å². The highest BCUT2D eigenvalue weighted by Crippen LogP contribution is 2.30. The van der Waals surface area contributed by atoms with E-state index in [0.717, 1.165) is 15.9 Å². The number of hydrogen-bond donors (Lipinski definition) is 3. The first-order valence-electron chi connectivity index (χ1n) is 5.81. The Kier molecular flexibility index (Phi) is 4.14. The maximum Gasteiger partial charge on any atom is 0.250 e. The number of methoxy groups -OCH3 is 1. The summed E-state index contributed by atoms with van der Waals surface area (Å²) in [5.41, 5.74) is 13.2. The number of benzene rings is 2. The number of hydrogen-bond acceptors (Lipinski definition) is 4. The lowest BCUT2D eigenvalue weighted by atomic mass is 10.1. The van der Waals surface area contributed by atoms with E-state index in [1.54, 1.807) is 25.3 Å². The number of rotatable bonds is 4. The van der Waals surface area contributed by atoms with Crippen LogP contribution in [0.3, 0.4) is 0 Å². The molecule has 0 saturated heterocycles. The molecule has 2 aromatic rings.